The number of hydrogen-bond acceptors (Lipinski definition) is 2. The van der Waals surface area contributed by atoms with Crippen molar-refractivity contribution in [2.24, 2.45) is 0 Å². The van der Waals surface area contributed by atoms with E-state index in [1.165, 1.54) is 17.7 Å². The van der Waals surface area contributed by atoms with Crippen LogP contribution < -0.4 is 0 Å². The normalized spacial score (nSPS) is 10.8. The first-order chi connectivity index (χ1) is 7.34. The molecule has 0 saturated heterocycles. The van der Waals surface area contributed by atoms with Crippen molar-refractivity contribution in [3.8, 4) is 0 Å². The van der Waals surface area contributed by atoms with Crippen LogP contribution >= 0.6 is 22.9 Å². The quantitative estimate of drug-likeness (QED) is 0.619. The molecule has 0 bridgehead atoms. The lowest BCUT2D eigenvalue weighted by atomic mass is 10.2. The van der Waals surface area contributed by atoms with Crippen molar-refractivity contribution in [1.82, 2.24) is 0 Å². The zero-order chi connectivity index (χ0) is 10.9. The van der Waals surface area contributed by atoms with Crippen molar-refractivity contribution < 1.29 is 4.74 Å². The maximum Gasteiger partial charge on any atom is 0.0545 e. The van der Waals surface area contributed by atoms with Crippen molar-refractivity contribution in [2.75, 3.05) is 13.2 Å². The second kappa shape index (κ2) is 8.14. The fourth-order valence-corrected chi connectivity index (χ4v) is 2.44. The molecular formula is C12H18ClOS. The van der Waals surface area contributed by atoms with Gasteiger partial charge in [0.25, 0.3) is 0 Å². The Morgan fingerprint density at radius 2 is 2.13 bits per heavy atom. The molecule has 0 aliphatic rings. The maximum atomic E-state index is 5.97. The van der Waals surface area contributed by atoms with Crippen molar-refractivity contribution in [2.45, 2.75) is 32.1 Å². The van der Waals surface area contributed by atoms with E-state index in [-0.39, 0.29) is 0 Å². The molecule has 1 aromatic rings. The lowest BCUT2D eigenvalue weighted by Crippen LogP contribution is -1.99. The van der Waals surface area contributed by atoms with Gasteiger partial charge in [-0.2, -0.15) is 0 Å². The predicted molar refractivity (Wildman–Crippen MR) is 67.7 cm³/mol. The third-order valence-electron chi connectivity index (χ3n) is 2.20. The number of rotatable bonds is 8. The molecule has 0 aromatic carbocycles. The largest absolute Gasteiger partial charge is 0.381 e. The van der Waals surface area contributed by atoms with E-state index in [1.54, 1.807) is 11.3 Å². The van der Waals surface area contributed by atoms with Crippen LogP contribution in [0.5, 0.6) is 0 Å². The van der Waals surface area contributed by atoms with E-state index in [1.807, 2.05) is 11.4 Å². The zero-order valence-corrected chi connectivity index (χ0v) is 10.6. The molecule has 0 aliphatic carbocycles. The number of halogens is 1. The highest BCUT2D eigenvalue weighted by Crippen LogP contribution is 2.22. The Bertz CT molecular complexity index is 260. The maximum absolute atomic E-state index is 5.97. The second-order valence-corrected chi connectivity index (χ2v) is 4.88. The van der Waals surface area contributed by atoms with Crippen molar-refractivity contribution in [3.05, 3.63) is 28.3 Å². The van der Waals surface area contributed by atoms with Crippen LogP contribution in [-0.2, 0) is 11.2 Å². The van der Waals surface area contributed by atoms with Crippen molar-refractivity contribution >= 4 is 22.9 Å². The minimum Gasteiger partial charge on any atom is -0.381 e. The lowest BCUT2D eigenvalue weighted by Gasteiger charge is -2.03. The molecule has 0 atom stereocenters. The molecule has 1 aromatic heterocycles. The summed E-state index contributed by atoms with van der Waals surface area (Å²) in [5, 5.41) is 2.90. The van der Waals surface area contributed by atoms with E-state index in [0.29, 0.717) is 0 Å². The standard InChI is InChI=1S/C12H18ClOS/c1-2-3-4-5-8-14-9-6-12-11(13)7-10-15-12/h7,10H,1-6,8-9H2. The predicted octanol–water partition coefficient (Wildman–Crippen LogP) is 4.36. The van der Waals surface area contributed by atoms with Gasteiger partial charge < -0.3 is 4.74 Å². The third kappa shape index (κ3) is 5.55. The summed E-state index contributed by atoms with van der Waals surface area (Å²) >= 11 is 7.67. The summed E-state index contributed by atoms with van der Waals surface area (Å²) in [7, 11) is 0. The summed E-state index contributed by atoms with van der Waals surface area (Å²) < 4.78 is 5.54. The number of hydrogen-bond donors (Lipinski definition) is 0. The number of ether oxygens (including phenoxy) is 1. The van der Waals surface area contributed by atoms with Crippen LogP contribution in [0.4, 0.5) is 0 Å². The van der Waals surface area contributed by atoms with Gasteiger partial charge in [-0.05, 0) is 17.9 Å². The van der Waals surface area contributed by atoms with Crippen LogP contribution in [0.3, 0.4) is 0 Å². The molecule has 1 radical (unpaired) electrons. The van der Waals surface area contributed by atoms with Crippen LogP contribution in [0.1, 0.15) is 30.6 Å². The molecular weight excluding hydrogens is 228 g/mol. The molecule has 0 aliphatic heterocycles. The van der Waals surface area contributed by atoms with Gasteiger partial charge in [0.15, 0.2) is 0 Å². The van der Waals surface area contributed by atoms with Gasteiger partial charge in [0.2, 0.25) is 0 Å². The molecule has 0 fully saturated rings. The second-order valence-electron chi connectivity index (χ2n) is 3.47. The first-order valence-corrected chi connectivity index (χ1v) is 6.69. The fourth-order valence-electron chi connectivity index (χ4n) is 1.33. The number of thiophene rings is 1. The summed E-state index contributed by atoms with van der Waals surface area (Å²) in [5.41, 5.74) is 0. The van der Waals surface area contributed by atoms with Crippen LogP contribution in [0.15, 0.2) is 11.4 Å². The van der Waals surface area contributed by atoms with Gasteiger partial charge >= 0.3 is 0 Å². The summed E-state index contributed by atoms with van der Waals surface area (Å²) in [6.07, 6.45) is 5.55. The van der Waals surface area contributed by atoms with Gasteiger partial charge in [0.05, 0.1) is 11.6 Å². The molecule has 3 heteroatoms. The Balaban J connectivity index is 1.96. The van der Waals surface area contributed by atoms with Crippen LogP contribution in [-0.4, -0.2) is 13.2 Å². The van der Waals surface area contributed by atoms with Gasteiger partial charge in [-0.1, -0.05) is 37.8 Å². The highest BCUT2D eigenvalue weighted by atomic mass is 35.5. The van der Waals surface area contributed by atoms with E-state index in [4.69, 9.17) is 16.3 Å². The first kappa shape index (κ1) is 13.0. The average molecular weight is 246 g/mol. The fraction of sp³-hybridized carbons (Fsp3) is 0.583. The monoisotopic (exact) mass is 245 g/mol. The summed E-state index contributed by atoms with van der Waals surface area (Å²) in [5.74, 6) is 0. The smallest absolute Gasteiger partial charge is 0.0545 e. The third-order valence-corrected chi connectivity index (χ3v) is 3.65. The van der Waals surface area contributed by atoms with Gasteiger partial charge in [-0.3, -0.25) is 0 Å². The lowest BCUT2D eigenvalue weighted by molar-refractivity contribution is 0.133. The minimum absolute atomic E-state index is 0.782. The van der Waals surface area contributed by atoms with Crippen molar-refractivity contribution in [1.29, 1.82) is 0 Å². The molecule has 1 nitrogen and oxygen atoms in total. The molecule has 0 unspecified atom stereocenters. The van der Waals surface area contributed by atoms with E-state index in [9.17, 15) is 0 Å². The summed E-state index contributed by atoms with van der Waals surface area (Å²) in [4.78, 5) is 1.23. The van der Waals surface area contributed by atoms with Gasteiger partial charge in [0, 0.05) is 17.9 Å². The van der Waals surface area contributed by atoms with E-state index < -0.39 is 0 Å². The van der Waals surface area contributed by atoms with Gasteiger partial charge in [-0.25, -0.2) is 0 Å². The Kier molecular flexibility index (Phi) is 7.07. The topological polar surface area (TPSA) is 9.23 Å². The molecule has 15 heavy (non-hydrogen) atoms. The molecule has 1 rings (SSSR count). The zero-order valence-electron chi connectivity index (χ0n) is 9.01. The van der Waals surface area contributed by atoms with Crippen LogP contribution in [0, 0.1) is 6.92 Å². The number of unbranched alkanes of at least 4 members (excludes halogenated alkanes) is 3. The van der Waals surface area contributed by atoms with E-state index in [2.05, 4.69) is 6.92 Å². The van der Waals surface area contributed by atoms with Gasteiger partial charge in [-0.15, -0.1) is 11.3 Å². The van der Waals surface area contributed by atoms with Crippen LogP contribution in [0.25, 0.3) is 0 Å². The Morgan fingerprint density at radius 3 is 2.80 bits per heavy atom. The molecule has 0 N–H and O–H groups in total. The Hall–Kier alpha value is -0.0500. The van der Waals surface area contributed by atoms with Crippen LogP contribution in [0.2, 0.25) is 5.02 Å². The summed E-state index contributed by atoms with van der Waals surface area (Å²) in [6.45, 7) is 5.46. The molecule has 0 saturated carbocycles. The highest BCUT2D eigenvalue weighted by Gasteiger charge is 2.00. The average Bonchev–Trinajstić information content (AvgIpc) is 2.63. The van der Waals surface area contributed by atoms with Crippen molar-refractivity contribution in [3.63, 3.8) is 0 Å². The Labute approximate surface area is 101 Å². The molecule has 1 heterocycles. The minimum atomic E-state index is 0.782. The van der Waals surface area contributed by atoms with E-state index >= 15 is 0 Å². The Morgan fingerprint density at radius 1 is 1.27 bits per heavy atom. The molecule has 0 spiro atoms. The SMILES string of the molecule is [CH2]CCCCCOCCc1sccc1Cl. The molecule has 0 amide bonds. The highest BCUT2D eigenvalue weighted by molar-refractivity contribution is 7.10. The summed E-state index contributed by atoms with van der Waals surface area (Å²) in [6, 6.07) is 1.94. The first-order valence-electron chi connectivity index (χ1n) is 5.43. The molecule has 85 valence electrons. The van der Waals surface area contributed by atoms with E-state index in [0.717, 1.165) is 37.5 Å². The van der Waals surface area contributed by atoms with Gasteiger partial charge in [0.1, 0.15) is 0 Å².